The topological polar surface area (TPSA) is 192 Å². The second kappa shape index (κ2) is 53.6. The molecule has 0 saturated carbocycles. The molecule has 0 spiro atoms. The van der Waals surface area contributed by atoms with Crippen LogP contribution in [0.15, 0.2) is 36.5 Å². The quantitative estimate of drug-likeness (QED) is 0.0193. The van der Waals surface area contributed by atoms with E-state index in [1.807, 2.05) is 6.08 Å². The van der Waals surface area contributed by atoms with E-state index < -0.39 is 59.9 Å². The molecule has 1 heterocycles. The van der Waals surface area contributed by atoms with Crippen LogP contribution in [0.4, 0.5) is 0 Å². The number of aliphatic hydroxyl groups is 4. The van der Waals surface area contributed by atoms with Crippen LogP contribution in [0.2, 0.25) is 0 Å². The van der Waals surface area contributed by atoms with Crippen LogP contribution in [0, 0.1) is 0 Å². The van der Waals surface area contributed by atoms with Crippen molar-refractivity contribution in [3.63, 3.8) is 0 Å². The van der Waals surface area contributed by atoms with Crippen molar-refractivity contribution in [2.75, 3.05) is 13.2 Å². The van der Waals surface area contributed by atoms with Crippen LogP contribution in [0.1, 0.15) is 309 Å². The maximum absolute atomic E-state index is 13.2. The second-order valence-electron chi connectivity index (χ2n) is 22.7. The maximum atomic E-state index is 13.2. The van der Waals surface area contributed by atoms with E-state index in [0.29, 0.717) is 6.42 Å². The molecule has 1 aliphatic rings. The Balaban J connectivity index is 2.32. The summed E-state index contributed by atoms with van der Waals surface area (Å²) in [6.07, 6.45) is 60.5. The van der Waals surface area contributed by atoms with Gasteiger partial charge in [0.05, 0.1) is 25.4 Å². The summed E-state index contributed by atoms with van der Waals surface area (Å²) in [7, 11) is -5.09. The first-order valence-corrected chi connectivity index (χ1v) is 33.7. The predicted molar refractivity (Wildman–Crippen MR) is 319 cm³/mol. The summed E-state index contributed by atoms with van der Waals surface area (Å²) >= 11 is 0. The molecule has 13 heteroatoms. The zero-order valence-corrected chi connectivity index (χ0v) is 50.4. The first kappa shape index (κ1) is 73.3. The number of carbonyl (C=O) groups excluding carboxylic acids is 1. The Morgan fingerprint density at radius 2 is 0.870 bits per heavy atom. The van der Waals surface area contributed by atoms with Gasteiger partial charge in [0.2, 0.25) is 5.91 Å². The van der Waals surface area contributed by atoms with Crippen molar-refractivity contribution < 1.29 is 51.8 Å². The molecule has 0 radical (unpaired) electrons. The van der Waals surface area contributed by atoms with Gasteiger partial charge in [0, 0.05) is 6.42 Å². The Morgan fingerprint density at radius 1 is 0.519 bits per heavy atom. The minimum Gasteiger partial charge on any atom is -0.394 e. The fourth-order valence-electron chi connectivity index (χ4n) is 10.4. The fraction of sp³-hybridized carbons (Fsp3) is 0.891. The van der Waals surface area contributed by atoms with E-state index in [4.69, 9.17) is 9.47 Å². The zero-order chi connectivity index (χ0) is 56.1. The number of allylic oxidation sites excluding steroid dienone is 5. The third-order valence-electron chi connectivity index (χ3n) is 15.4. The summed E-state index contributed by atoms with van der Waals surface area (Å²) in [6, 6.07) is -0.948. The van der Waals surface area contributed by atoms with E-state index in [2.05, 4.69) is 47.7 Å². The number of nitrogens with one attached hydrogen (secondary N) is 1. The molecule has 1 fully saturated rings. The summed E-state index contributed by atoms with van der Waals surface area (Å²) in [5.41, 5.74) is 0. The standard InChI is InChI=1S/C64H121NO11S/c1-3-5-7-9-11-13-15-17-19-21-23-25-27-29-31-33-35-37-39-41-43-45-47-49-51-53-58(67)57(56-74-64-62(70)63(76-77(71,72)73)61(69)59(55-66)75-64)65-60(68)54-52-50-48-46-44-42-40-38-36-34-32-30-28-26-24-22-20-18-16-14-12-10-8-6-4-2/h24,26,30,32,51,53,57-59,61-64,66-67,69-70H,3-23,25,27-29,31,33-50,52,54-56H2,1-2H3,(H,65,68)(H,71,72,73)/b26-24-,32-30-,53-51+. The van der Waals surface area contributed by atoms with Gasteiger partial charge in [-0.3, -0.25) is 9.35 Å². The maximum Gasteiger partial charge on any atom is 0.397 e. The molecular formula is C64H121NO11S. The number of ether oxygens (including phenoxy) is 2. The highest BCUT2D eigenvalue weighted by atomic mass is 32.3. The van der Waals surface area contributed by atoms with Gasteiger partial charge >= 0.3 is 10.4 Å². The van der Waals surface area contributed by atoms with Crippen LogP contribution in [-0.2, 0) is 28.9 Å². The number of carbonyl (C=O) groups is 1. The van der Waals surface area contributed by atoms with Gasteiger partial charge in [0.25, 0.3) is 0 Å². The summed E-state index contributed by atoms with van der Waals surface area (Å²) in [5, 5.41) is 45.1. The van der Waals surface area contributed by atoms with Gasteiger partial charge < -0.3 is 35.2 Å². The first-order chi connectivity index (χ1) is 37.5. The minimum absolute atomic E-state index is 0.263. The molecule has 7 unspecified atom stereocenters. The second-order valence-corrected chi connectivity index (χ2v) is 23.8. The predicted octanol–water partition coefficient (Wildman–Crippen LogP) is 16.1. The van der Waals surface area contributed by atoms with E-state index in [1.54, 1.807) is 6.08 Å². The largest absolute Gasteiger partial charge is 0.397 e. The molecular weight excluding hydrogens is 991 g/mol. The fourth-order valence-corrected chi connectivity index (χ4v) is 10.9. The van der Waals surface area contributed by atoms with Crippen LogP contribution in [0.25, 0.3) is 0 Å². The van der Waals surface area contributed by atoms with Crippen LogP contribution < -0.4 is 5.32 Å². The highest BCUT2D eigenvalue weighted by Gasteiger charge is 2.48. The van der Waals surface area contributed by atoms with Crippen molar-refractivity contribution >= 4 is 16.3 Å². The molecule has 1 saturated heterocycles. The number of unbranched alkanes of at least 4 members (excludes halogenated alkanes) is 41. The van der Waals surface area contributed by atoms with Crippen molar-refractivity contribution in [1.29, 1.82) is 0 Å². The molecule has 1 aliphatic heterocycles. The van der Waals surface area contributed by atoms with Gasteiger partial charge in [-0.15, -0.1) is 0 Å². The average molecular weight is 1110 g/mol. The lowest BCUT2D eigenvalue weighted by Gasteiger charge is -2.41. The Bertz CT molecular complexity index is 1490. The van der Waals surface area contributed by atoms with E-state index in [1.165, 1.54) is 231 Å². The molecule has 0 aromatic heterocycles. The SMILES string of the molecule is CCCCCCCCCCC/C=C\C/C=C\CCCCCCCCCCCC(=O)NC(COC1OC(CO)C(O)C(OS(=O)(=O)O)C1O)C(O)/C=C/CCCCCCCCCCCCCCCCCCCCCCCCC. The van der Waals surface area contributed by atoms with E-state index >= 15 is 0 Å². The lowest BCUT2D eigenvalue weighted by Crippen LogP contribution is -2.61. The van der Waals surface area contributed by atoms with Crippen LogP contribution in [0.3, 0.4) is 0 Å². The molecule has 1 amide bonds. The molecule has 0 aliphatic carbocycles. The van der Waals surface area contributed by atoms with Crippen LogP contribution in [-0.4, -0.2) is 95.4 Å². The highest BCUT2D eigenvalue weighted by molar-refractivity contribution is 7.80. The summed E-state index contributed by atoms with van der Waals surface area (Å²) in [4.78, 5) is 13.2. The Labute approximate surface area is 473 Å². The molecule has 77 heavy (non-hydrogen) atoms. The lowest BCUT2D eigenvalue weighted by molar-refractivity contribution is -0.298. The Hall–Kier alpha value is -1.68. The number of hydrogen-bond donors (Lipinski definition) is 6. The van der Waals surface area contributed by atoms with Crippen molar-refractivity contribution in [2.45, 2.75) is 352 Å². The summed E-state index contributed by atoms with van der Waals surface area (Å²) < 4.78 is 48.0. The third kappa shape index (κ3) is 45.6. The number of aliphatic hydroxyl groups excluding tert-OH is 4. The van der Waals surface area contributed by atoms with Crippen LogP contribution >= 0.6 is 0 Å². The Kier molecular flexibility index (Phi) is 51.1. The van der Waals surface area contributed by atoms with Gasteiger partial charge in [0.1, 0.15) is 24.4 Å². The van der Waals surface area contributed by atoms with Crippen molar-refractivity contribution in [1.82, 2.24) is 5.32 Å². The van der Waals surface area contributed by atoms with Crippen molar-refractivity contribution in [2.24, 2.45) is 0 Å². The first-order valence-electron chi connectivity index (χ1n) is 32.4. The molecule has 0 aromatic carbocycles. The number of hydrogen-bond acceptors (Lipinski definition) is 10. The highest BCUT2D eigenvalue weighted by Crippen LogP contribution is 2.26. The lowest BCUT2D eigenvalue weighted by atomic mass is 9.99. The molecule has 7 atom stereocenters. The summed E-state index contributed by atoms with van der Waals surface area (Å²) in [5.74, 6) is -0.263. The van der Waals surface area contributed by atoms with Gasteiger partial charge in [-0.05, 0) is 51.4 Å². The normalized spacial score (nSPS) is 19.1. The molecule has 12 nitrogen and oxygen atoms in total. The van der Waals surface area contributed by atoms with E-state index in [0.717, 1.165) is 51.4 Å². The third-order valence-corrected chi connectivity index (χ3v) is 15.9. The monoisotopic (exact) mass is 1110 g/mol. The van der Waals surface area contributed by atoms with Crippen molar-refractivity contribution in [3.8, 4) is 0 Å². The van der Waals surface area contributed by atoms with Crippen molar-refractivity contribution in [3.05, 3.63) is 36.5 Å². The molecule has 0 aromatic rings. The van der Waals surface area contributed by atoms with Gasteiger partial charge in [-0.2, -0.15) is 8.42 Å². The molecule has 6 N–H and O–H groups in total. The summed E-state index contributed by atoms with van der Waals surface area (Å²) in [6.45, 7) is 3.44. The number of amides is 1. The van der Waals surface area contributed by atoms with Gasteiger partial charge in [-0.25, -0.2) is 4.18 Å². The molecule has 454 valence electrons. The minimum atomic E-state index is -5.09. The average Bonchev–Trinajstić information content (AvgIpc) is 3.41. The van der Waals surface area contributed by atoms with E-state index in [-0.39, 0.29) is 18.9 Å². The zero-order valence-electron chi connectivity index (χ0n) is 49.5. The molecule has 0 bridgehead atoms. The Morgan fingerprint density at radius 3 is 1.23 bits per heavy atom. The number of rotatable bonds is 57. The smallest absolute Gasteiger partial charge is 0.394 e. The van der Waals surface area contributed by atoms with Gasteiger partial charge in [-0.1, -0.05) is 288 Å². The van der Waals surface area contributed by atoms with Crippen LogP contribution in [0.5, 0.6) is 0 Å². The van der Waals surface area contributed by atoms with E-state index in [9.17, 15) is 38.2 Å². The van der Waals surface area contributed by atoms with Gasteiger partial charge in [0.15, 0.2) is 6.29 Å². The molecule has 1 rings (SSSR count).